The van der Waals surface area contributed by atoms with Gasteiger partial charge in [-0.15, -0.1) is 11.8 Å². The van der Waals surface area contributed by atoms with E-state index in [9.17, 15) is 19.5 Å². The maximum atomic E-state index is 12.0. The highest BCUT2D eigenvalue weighted by Crippen LogP contribution is 2.23. The van der Waals surface area contributed by atoms with Crippen LogP contribution in [-0.2, 0) is 15.0 Å². The number of carboxylic acid groups (broad SMARTS) is 1. The molecule has 0 bridgehead atoms. The molecule has 0 aromatic heterocycles. The van der Waals surface area contributed by atoms with Crippen LogP contribution in [0.1, 0.15) is 22.8 Å². The van der Waals surface area contributed by atoms with Crippen LogP contribution >= 0.6 is 11.8 Å². The summed E-state index contributed by atoms with van der Waals surface area (Å²) in [5.41, 5.74) is 0.0317. The molecule has 0 heterocycles. The Bertz CT molecular complexity index is 764. The highest BCUT2D eigenvalue weighted by molar-refractivity contribution is 8.00. The molecule has 1 amide bonds. The quantitative estimate of drug-likeness (QED) is 0.662. The van der Waals surface area contributed by atoms with E-state index >= 15 is 0 Å². The third-order valence-corrected chi connectivity index (χ3v) is 5.02. The number of carbonyl (C=O) groups excluding carboxylic acids is 2. The predicted molar refractivity (Wildman–Crippen MR) is 103 cm³/mol. The number of amides is 1. The summed E-state index contributed by atoms with van der Waals surface area (Å²) in [6, 6.07) is 17.7. The van der Waals surface area contributed by atoms with Crippen LogP contribution < -0.4 is 5.32 Å². The van der Waals surface area contributed by atoms with Crippen LogP contribution in [-0.4, -0.2) is 40.8 Å². The van der Waals surface area contributed by atoms with Crippen molar-refractivity contribution in [3.63, 3.8) is 0 Å². The Morgan fingerprint density at radius 3 is 2.12 bits per heavy atom. The van der Waals surface area contributed by atoms with Gasteiger partial charge in [-0.3, -0.25) is 14.4 Å². The van der Waals surface area contributed by atoms with Gasteiger partial charge < -0.3 is 10.4 Å². The van der Waals surface area contributed by atoms with Crippen molar-refractivity contribution in [3.8, 4) is 0 Å². The number of Topliss-reactive ketones (excluding diaryl/α,β-unsaturated/α-hetero) is 1. The fourth-order valence-electron chi connectivity index (χ4n) is 2.38. The maximum Gasteiger partial charge on any atom is 0.315 e. The van der Waals surface area contributed by atoms with Crippen molar-refractivity contribution in [3.05, 3.63) is 71.8 Å². The molecule has 2 aromatic rings. The van der Waals surface area contributed by atoms with E-state index in [4.69, 9.17) is 0 Å². The summed E-state index contributed by atoms with van der Waals surface area (Å²) in [6.45, 7) is 1.56. The summed E-state index contributed by atoms with van der Waals surface area (Å²) < 4.78 is 0. The Labute approximate surface area is 156 Å². The van der Waals surface area contributed by atoms with Crippen molar-refractivity contribution >= 4 is 29.4 Å². The van der Waals surface area contributed by atoms with Crippen LogP contribution in [0.25, 0.3) is 0 Å². The average Bonchev–Trinajstić information content (AvgIpc) is 2.67. The van der Waals surface area contributed by atoms with Gasteiger partial charge in [0.15, 0.2) is 5.78 Å². The van der Waals surface area contributed by atoms with Crippen molar-refractivity contribution in [2.75, 3.05) is 18.1 Å². The van der Waals surface area contributed by atoms with E-state index in [1.165, 1.54) is 11.8 Å². The van der Waals surface area contributed by atoms with Gasteiger partial charge in [0.05, 0.1) is 11.5 Å². The van der Waals surface area contributed by atoms with Gasteiger partial charge in [-0.05, 0) is 12.5 Å². The molecule has 0 spiro atoms. The standard InChI is InChI=1S/C20H21NO4S/c1-20(19(24)25,16-10-6-3-7-11-16)14-21-18(23)13-26-12-17(22)15-8-4-2-5-9-15/h2-11H,12-14H2,1H3,(H,21,23)(H,24,25). The third-order valence-electron chi connectivity index (χ3n) is 4.08. The largest absolute Gasteiger partial charge is 0.481 e. The number of carboxylic acids is 1. The van der Waals surface area contributed by atoms with Gasteiger partial charge in [-0.1, -0.05) is 60.7 Å². The first-order chi connectivity index (χ1) is 12.4. The van der Waals surface area contributed by atoms with Gasteiger partial charge in [-0.25, -0.2) is 0 Å². The summed E-state index contributed by atoms with van der Waals surface area (Å²) in [6.07, 6.45) is 0. The molecule has 1 atom stereocenters. The average molecular weight is 371 g/mol. The van der Waals surface area contributed by atoms with Crippen LogP contribution in [0.3, 0.4) is 0 Å². The lowest BCUT2D eigenvalue weighted by atomic mass is 9.82. The molecule has 0 aliphatic heterocycles. The number of ketones is 1. The summed E-state index contributed by atoms with van der Waals surface area (Å²) >= 11 is 1.21. The Morgan fingerprint density at radius 1 is 0.962 bits per heavy atom. The predicted octanol–water partition coefficient (Wildman–Crippen LogP) is 2.76. The SMILES string of the molecule is CC(CNC(=O)CSCC(=O)c1ccccc1)(C(=O)O)c1ccccc1. The molecule has 0 saturated heterocycles. The Morgan fingerprint density at radius 2 is 1.54 bits per heavy atom. The molecule has 136 valence electrons. The van der Waals surface area contributed by atoms with Crippen molar-refractivity contribution in [1.29, 1.82) is 0 Å². The third kappa shape index (κ3) is 5.20. The van der Waals surface area contributed by atoms with Crippen molar-refractivity contribution in [2.24, 2.45) is 0 Å². The van der Waals surface area contributed by atoms with Gasteiger partial charge in [0.25, 0.3) is 0 Å². The van der Waals surface area contributed by atoms with Gasteiger partial charge in [0.2, 0.25) is 5.91 Å². The van der Waals surface area contributed by atoms with E-state index in [2.05, 4.69) is 5.32 Å². The minimum atomic E-state index is -1.21. The fourth-order valence-corrected chi connectivity index (χ4v) is 3.12. The molecule has 0 fully saturated rings. The molecule has 0 saturated carbocycles. The summed E-state index contributed by atoms with van der Waals surface area (Å²) in [4.78, 5) is 35.7. The number of thioether (sulfide) groups is 1. The van der Waals surface area contributed by atoms with Crippen molar-refractivity contribution < 1.29 is 19.5 Å². The molecule has 5 nitrogen and oxygen atoms in total. The second-order valence-electron chi connectivity index (χ2n) is 6.06. The van der Waals surface area contributed by atoms with Crippen molar-refractivity contribution in [2.45, 2.75) is 12.3 Å². The van der Waals surface area contributed by atoms with E-state index in [1.807, 2.05) is 12.1 Å². The number of hydrogen-bond acceptors (Lipinski definition) is 4. The zero-order chi connectivity index (χ0) is 19.0. The molecule has 0 radical (unpaired) electrons. The number of hydrogen-bond donors (Lipinski definition) is 2. The van der Waals surface area contributed by atoms with Crippen LogP contribution in [0.5, 0.6) is 0 Å². The van der Waals surface area contributed by atoms with Gasteiger partial charge in [0, 0.05) is 12.1 Å². The second kappa shape index (κ2) is 9.20. The summed E-state index contributed by atoms with van der Waals surface area (Å²) in [7, 11) is 0. The molecule has 0 aliphatic rings. The second-order valence-corrected chi connectivity index (χ2v) is 7.05. The minimum absolute atomic E-state index is 0.0155. The van der Waals surface area contributed by atoms with E-state index in [-0.39, 0.29) is 29.7 Å². The van der Waals surface area contributed by atoms with Gasteiger partial charge in [0.1, 0.15) is 5.41 Å². The number of benzene rings is 2. The lowest BCUT2D eigenvalue weighted by molar-refractivity contribution is -0.143. The topological polar surface area (TPSA) is 83.5 Å². The summed E-state index contributed by atoms with van der Waals surface area (Å²) in [5.74, 6) is -1.03. The highest BCUT2D eigenvalue weighted by Gasteiger charge is 2.35. The molecule has 1 unspecified atom stereocenters. The number of aliphatic carboxylic acids is 1. The molecule has 2 rings (SSSR count). The molecule has 6 heteroatoms. The first-order valence-corrected chi connectivity index (χ1v) is 9.30. The Hall–Kier alpha value is -2.60. The van der Waals surface area contributed by atoms with E-state index in [0.29, 0.717) is 11.1 Å². The number of carbonyl (C=O) groups is 3. The number of rotatable bonds is 9. The van der Waals surface area contributed by atoms with Crippen LogP contribution in [0.4, 0.5) is 0 Å². The molecular weight excluding hydrogens is 350 g/mol. The molecule has 26 heavy (non-hydrogen) atoms. The van der Waals surface area contributed by atoms with Gasteiger partial charge >= 0.3 is 5.97 Å². The fraction of sp³-hybridized carbons (Fsp3) is 0.250. The smallest absolute Gasteiger partial charge is 0.315 e. The van der Waals surface area contributed by atoms with E-state index in [1.54, 1.807) is 55.5 Å². The normalized spacial score (nSPS) is 12.8. The Balaban J connectivity index is 1.83. The number of nitrogens with one attached hydrogen (secondary N) is 1. The monoisotopic (exact) mass is 371 g/mol. The zero-order valence-corrected chi connectivity index (χ0v) is 15.3. The molecule has 2 aromatic carbocycles. The minimum Gasteiger partial charge on any atom is -0.481 e. The lowest BCUT2D eigenvalue weighted by Crippen LogP contribution is -2.44. The molecular formula is C20H21NO4S. The Kier molecular flexibility index (Phi) is 6.97. The maximum absolute atomic E-state index is 12.0. The van der Waals surface area contributed by atoms with Crippen LogP contribution in [0.15, 0.2) is 60.7 Å². The molecule has 0 aliphatic carbocycles. The van der Waals surface area contributed by atoms with Crippen LogP contribution in [0, 0.1) is 0 Å². The van der Waals surface area contributed by atoms with Crippen molar-refractivity contribution in [1.82, 2.24) is 5.32 Å². The first-order valence-electron chi connectivity index (χ1n) is 8.15. The van der Waals surface area contributed by atoms with E-state index in [0.717, 1.165) is 0 Å². The highest BCUT2D eigenvalue weighted by atomic mass is 32.2. The molecule has 2 N–H and O–H groups in total. The summed E-state index contributed by atoms with van der Waals surface area (Å²) in [5, 5.41) is 12.2. The van der Waals surface area contributed by atoms with Crippen LogP contribution in [0.2, 0.25) is 0 Å². The zero-order valence-electron chi connectivity index (χ0n) is 14.5. The lowest BCUT2D eigenvalue weighted by Gasteiger charge is -2.25. The van der Waals surface area contributed by atoms with Gasteiger partial charge in [-0.2, -0.15) is 0 Å². The first kappa shape index (κ1) is 19.7. The van der Waals surface area contributed by atoms with E-state index < -0.39 is 11.4 Å².